The molecule has 0 amide bonds. The number of halogens is 1. The fraction of sp³-hybridized carbons (Fsp3) is 0.667. The number of nitrogens with one attached hydrogen (secondary N) is 2. The molecule has 4 rings (SSSR count). The number of aromatic nitrogens is 3. The lowest BCUT2D eigenvalue weighted by molar-refractivity contribution is 0.285. The summed E-state index contributed by atoms with van der Waals surface area (Å²) in [5.74, 6) is 0.412. The van der Waals surface area contributed by atoms with Gasteiger partial charge >= 0.3 is 0 Å². The van der Waals surface area contributed by atoms with Crippen molar-refractivity contribution < 1.29 is 0 Å². The van der Waals surface area contributed by atoms with Crippen molar-refractivity contribution in [1.29, 1.82) is 0 Å². The molecule has 0 unspecified atom stereocenters. The van der Waals surface area contributed by atoms with Gasteiger partial charge in [-0.05, 0) is 44.3 Å². The highest BCUT2D eigenvalue weighted by molar-refractivity contribution is 5.85. The van der Waals surface area contributed by atoms with Gasteiger partial charge in [0, 0.05) is 30.6 Å². The first-order chi connectivity index (χ1) is 11.5. The molecule has 0 aliphatic carbocycles. The molecule has 2 saturated heterocycles. The van der Waals surface area contributed by atoms with Gasteiger partial charge in [-0.3, -0.25) is 9.69 Å². The maximum Gasteiger partial charge on any atom is 0.251 e. The summed E-state index contributed by atoms with van der Waals surface area (Å²) in [7, 11) is 0. The van der Waals surface area contributed by atoms with Crippen molar-refractivity contribution >= 4 is 18.1 Å². The normalized spacial score (nSPS) is 21.5. The summed E-state index contributed by atoms with van der Waals surface area (Å²) in [6, 6.07) is 1.73. The molecule has 0 bridgehead atoms. The lowest BCUT2D eigenvalue weighted by Crippen LogP contribution is -2.28. The van der Waals surface area contributed by atoms with Gasteiger partial charge < -0.3 is 10.3 Å². The van der Waals surface area contributed by atoms with Gasteiger partial charge in [0.1, 0.15) is 5.65 Å². The van der Waals surface area contributed by atoms with Crippen LogP contribution in [-0.4, -0.2) is 45.7 Å². The maximum atomic E-state index is 12.2. The molecule has 7 heteroatoms. The van der Waals surface area contributed by atoms with E-state index in [9.17, 15) is 4.79 Å². The minimum Gasteiger partial charge on any atom is -0.317 e. The first kappa shape index (κ1) is 18.4. The van der Waals surface area contributed by atoms with E-state index in [1.54, 1.807) is 6.07 Å². The highest BCUT2D eigenvalue weighted by Gasteiger charge is 2.29. The molecule has 2 fully saturated rings. The van der Waals surface area contributed by atoms with Gasteiger partial charge in [0.25, 0.3) is 5.56 Å². The summed E-state index contributed by atoms with van der Waals surface area (Å²) in [4.78, 5) is 17.7. The third kappa shape index (κ3) is 3.76. The van der Waals surface area contributed by atoms with Gasteiger partial charge in [0.2, 0.25) is 0 Å². The molecular weight excluding hydrogens is 338 g/mol. The lowest BCUT2D eigenvalue weighted by Gasteiger charge is -2.23. The van der Waals surface area contributed by atoms with E-state index in [1.165, 1.54) is 6.42 Å². The van der Waals surface area contributed by atoms with Gasteiger partial charge in [-0.25, -0.2) is 4.52 Å². The third-order valence-corrected chi connectivity index (χ3v) is 5.52. The Morgan fingerprint density at radius 3 is 2.76 bits per heavy atom. The molecule has 2 aliphatic heterocycles. The minimum atomic E-state index is -0.0143. The molecule has 2 aromatic rings. The number of hydrogen-bond acceptors (Lipinski definition) is 4. The van der Waals surface area contributed by atoms with E-state index in [-0.39, 0.29) is 18.0 Å². The van der Waals surface area contributed by atoms with Crippen molar-refractivity contribution in [3.05, 3.63) is 33.9 Å². The smallest absolute Gasteiger partial charge is 0.251 e. The van der Waals surface area contributed by atoms with E-state index < -0.39 is 0 Å². The van der Waals surface area contributed by atoms with Crippen LogP contribution in [0.5, 0.6) is 0 Å². The molecular formula is C18H28ClN5O. The highest BCUT2D eigenvalue weighted by atomic mass is 35.5. The molecule has 0 spiro atoms. The zero-order valence-corrected chi connectivity index (χ0v) is 15.9. The second-order valence-corrected chi connectivity index (χ2v) is 8.14. The Morgan fingerprint density at radius 1 is 1.32 bits per heavy atom. The second-order valence-electron chi connectivity index (χ2n) is 8.14. The van der Waals surface area contributed by atoms with Crippen LogP contribution >= 0.6 is 12.4 Å². The van der Waals surface area contributed by atoms with E-state index in [1.807, 2.05) is 10.7 Å². The van der Waals surface area contributed by atoms with Gasteiger partial charge in [-0.15, -0.1) is 12.4 Å². The Labute approximate surface area is 154 Å². The highest BCUT2D eigenvalue weighted by Crippen LogP contribution is 2.30. The first-order valence-electron chi connectivity index (χ1n) is 9.05. The molecule has 25 heavy (non-hydrogen) atoms. The van der Waals surface area contributed by atoms with Crippen LogP contribution in [0.25, 0.3) is 5.65 Å². The number of piperidine rings is 1. The molecule has 0 aromatic carbocycles. The summed E-state index contributed by atoms with van der Waals surface area (Å²) in [5, 5.41) is 8.00. The van der Waals surface area contributed by atoms with Crippen molar-refractivity contribution in [2.75, 3.05) is 26.2 Å². The van der Waals surface area contributed by atoms with Crippen LogP contribution in [0.4, 0.5) is 0 Å². The monoisotopic (exact) mass is 365 g/mol. The Bertz CT molecular complexity index is 790. The van der Waals surface area contributed by atoms with Crippen molar-refractivity contribution in [3.63, 3.8) is 0 Å². The third-order valence-electron chi connectivity index (χ3n) is 5.52. The molecule has 2 N–H and O–H groups in total. The fourth-order valence-corrected chi connectivity index (χ4v) is 4.18. The Kier molecular flexibility index (Phi) is 5.23. The zero-order valence-electron chi connectivity index (χ0n) is 15.0. The molecule has 0 saturated carbocycles. The van der Waals surface area contributed by atoms with Crippen LogP contribution < -0.4 is 10.9 Å². The number of aromatic amines is 1. The molecule has 2 aliphatic rings. The Hall–Kier alpha value is -1.37. The van der Waals surface area contributed by atoms with Crippen LogP contribution in [-0.2, 0) is 6.54 Å². The average Bonchev–Trinajstić information content (AvgIpc) is 3.11. The summed E-state index contributed by atoms with van der Waals surface area (Å²) in [6.07, 6.45) is 5.28. The molecule has 4 heterocycles. The Morgan fingerprint density at radius 2 is 2.08 bits per heavy atom. The largest absolute Gasteiger partial charge is 0.317 e. The predicted octanol–water partition coefficient (Wildman–Crippen LogP) is 2.14. The van der Waals surface area contributed by atoms with Crippen LogP contribution in [0.2, 0.25) is 0 Å². The van der Waals surface area contributed by atoms with E-state index in [4.69, 9.17) is 0 Å². The summed E-state index contributed by atoms with van der Waals surface area (Å²) in [6.45, 7) is 9.73. The number of H-pyrrole nitrogens is 1. The van der Waals surface area contributed by atoms with E-state index in [0.717, 1.165) is 62.5 Å². The first-order valence-corrected chi connectivity index (χ1v) is 9.05. The molecule has 0 atom stereocenters. The number of rotatable bonds is 3. The topological polar surface area (TPSA) is 65.4 Å². The predicted molar refractivity (Wildman–Crippen MR) is 102 cm³/mol. The van der Waals surface area contributed by atoms with E-state index in [2.05, 4.69) is 34.1 Å². The molecule has 2 aromatic heterocycles. The number of likely N-dealkylation sites (tertiary alicyclic amines) is 1. The second kappa shape index (κ2) is 7.09. The summed E-state index contributed by atoms with van der Waals surface area (Å²) in [5.41, 5.74) is 3.43. The average molecular weight is 366 g/mol. The fourth-order valence-electron chi connectivity index (χ4n) is 4.18. The number of hydrogen-bond donors (Lipinski definition) is 2. The van der Waals surface area contributed by atoms with Crippen molar-refractivity contribution in [3.8, 4) is 0 Å². The SMILES string of the molecule is CC1(C)CCN(Cc2cnn3c(C4CCNCC4)cc(=O)[nH]c23)C1.Cl. The van der Waals surface area contributed by atoms with Gasteiger partial charge in [-0.1, -0.05) is 13.8 Å². The number of nitrogens with zero attached hydrogens (tertiary/aromatic N) is 3. The molecule has 0 radical (unpaired) electrons. The zero-order chi connectivity index (χ0) is 16.7. The number of fused-ring (bicyclic) bond motifs is 1. The van der Waals surface area contributed by atoms with Crippen molar-refractivity contribution in [1.82, 2.24) is 24.8 Å². The standard InChI is InChI=1S/C18H27N5O.ClH/c1-18(2)5-8-22(12-18)11-14-10-20-23-15(9-16(24)21-17(14)23)13-3-6-19-7-4-13;/h9-10,13,19H,3-8,11-12H2,1-2H3,(H,21,24);1H. The molecule has 138 valence electrons. The van der Waals surface area contributed by atoms with Crippen molar-refractivity contribution in [2.24, 2.45) is 5.41 Å². The van der Waals surface area contributed by atoms with Crippen LogP contribution in [0.1, 0.15) is 50.3 Å². The van der Waals surface area contributed by atoms with Crippen LogP contribution in [0.3, 0.4) is 0 Å². The van der Waals surface area contributed by atoms with Gasteiger partial charge in [0.05, 0.1) is 11.9 Å². The summed E-state index contributed by atoms with van der Waals surface area (Å²) < 4.78 is 1.97. The molecule has 6 nitrogen and oxygen atoms in total. The van der Waals surface area contributed by atoms with E-state index >= 15 is 0 Å². The van der Waals surface area contributed by atoms with Crippen LogP contribution in [0, 0.1) is 5.41 Å². The lowest BCUT2D eigenvalue weighted by atomic mass is 9.93. The minimum absolute atomic E-state index is 0. The maximum absolute atomic E-state index is 12.2. The van der Waals surface area contributed by atoms with Crippen LogP contribution in [0.15, 0.2) is 17.1 Å². The van der Waals surface area contributed by atoms with Gasteiger partial charge in [0.15, 0.2) is 0 Å². The van der Waals surface area contributed by atoms with Crippen molar-refractivity contribution in [2.45, 2.75) is 45.6 Å². The van der Waals surface area contributed by atoms with Gasteiger partial charge in [-0.2, -0.15) is 5.10 Å². The summed E-state index contributed by atoms with van der Waals surface area (Å²) >= 11 is 0. The quantitative estimate of drug-likeness (QED) is 0.874. The Balaban J connectivity index is 0.00000182. The van der Waals surface area contributed by atoms with E-state index in [0.29, 0.717) is 11.3 Å².